The average molecular weight is 298 g/mol. The van der Waals surface area contributed by atoms with Crippen LogP contribution < -0.4 is 11.1 Å². The summed E-state index contributed by atoms with van der Waals surface area (Å²) in [5, 5.41) is 7.73. The smallest absolute Gasteiger partial charge is 0.155 e. The van der Waals surface area contributed by atoms with Gasteiger partial charge in [-0.1, -0.05) is 13.8 Å². The lowest BCUT2D eigenvalue weighted by Gasteiger charge is -2.07. The van der Waals surface area contributed by atoms with Crippen LogP contribution in [0.5, 0.6) is 0 Å². The van der Waals surface area contributed by atoms with Crippen molar-refractivity contribution in [3.8, 4) is 0 Å². The first-order valence-corrected chi connectivity index (χ1v) is 6.39. The van der Waals surface area contributed by atoms with Crippen LogP contribution in [0.2, 0.25) is 0 Å². The molecule has 0 atom stereocenters. The largest absolute Gasteiger partial charge is 0.368 e. The Kier molecular flexibility index (Phi) is 3.63. The summed E-state index contributed by atoms with van der Waals surface area (Å²) in [7, 11) is 0. The Labute approximate surface area is 109 Å². The number of hydrogen-bond donors (Lipinski definition) is 2. The highest BCUT2D eigenvalue weighted by atomic mass is 79.9. The molecular weight excluding hydrogens is 282 g/mol. The number of halogens is 1. The minimum atomic E-state index is 0.401. The van der Waals surface area contributed by atoms with Crippen LogP contribution in [0.25, 0.3) is 5.65 Å². The fourth-order valence-electron chi connectivity index (χ4n) is 1.48. The molecule has 0 saturated heterocycles. The van der Waals surface area contributed by atoms with Crippen molar-refractivity contribution in [2.45, 2.75) is 20.4 Å². The molecule has 0 aromatic carbocycles. The van der Waals surface area contributed by atoms with Crippen LogP contribution in [0.3, 0.4) is 0 Å². The highest BCUT2D eigenvalue weighted by molar-refractivity contribution is 9.10. The van der Waals surface area contributed by atoms with Gasteiger partial charge in [0.05, 0.1) is 5.69 Å². The lowest BCUT2D eigenvalue weighted by Crippen LogP contribution is -2.10. The zero-order valence-corrected chi connectivity index (χ0v) is 11.5. The molecule has 6 heteroatoms. The van der Waals surface area contributed by atoms with E-state index in [1.807, 2.05) is 12.1 Å². The monoisotopic (exact) mass is 297 g/mol. The second-order valence-electron chi connectivity index (χ2n) is 4.32. The summed E-state index contributed by atoms with van der Waals surface area (Å²) in [5.41, 5.74) is 7.22. The van der Waals surface area contributed by atoms with Gasteiger partial charge in [-0.2, -0.15) is 0 Å². The van der Waals surface area contributed by atoms with E-state index in [4.69, 9.17) is 5.73 Å². The van der Waals surface area contributed by atoms with Crippen molar-refractivity contribution in [3.05, 3.63) is 22.4 Å². The number of nitrogens with one attached hydrogen (secondary N) is 1. The number of nitrogens with zero attached hydrogens (tertiary/aromatic N) is 3. The Morgan fingerprint density at radius 1 is 1.47 bits per heavy atom. The molecule has 0 fully saturated rings. The summed E-state index contributed by atoms with van der Waals surface area (Å²) in [5.74, 6) is 1.42. The Balaban J connectivity index is 2.32. The topological polar surface area (TPSA) is 68.2 Å². The number of rotatable bonds is 4. The number of imidazole rings is 1. The Bertz CT molecular complexity index is 520. The minimum absolute atomic E-state index is 0.401. The Hall–Kier alpha value is -1.14. The second-order valence-corrected chi connectivity index (χ2v) is 5.07. The van der Waals surface area contributed by atoms with E-state index in [9.17, 15) is 0 Å². The van der Waals surface area contributed by atoms with Crippen LogP contribution in [-0.2, 0) is 6.54 Å². The highest BCUT2D eigenvalue weighted by Crippen LogP contribution is 2.18. The molecule has 0 saturated carbocycles. The van der Waals surface area contributed by atoms with Crippen LogP contribution in [0.15, 0.2) is 16.7 Å². The van der Waals surface area contributed by atoms with Crippen molar-refractivity contribution in [2.75, 3.05) is 11.9 Å². The van der Waals surface area contributed by atoms with Gasteiger partial charge in [0, 0.05) is 13.1 Å². The summed E-state index contributed by atoms with van der Waals surface area (Å²) in [4.78, 5) is 4.37. The average Bonchev–Trinajstić information content (AvgIpc) is 2.63. The van der Waals surface area contributed by atoms with Gasteiger partial charge in [0.25, 0.3) is 0 Å². The number of anilines is 1. The maximum atomic E-state index is 5.60. The second kappa shape index (κ2) is 5.01. The third kappa shape index (κ3) is 2.58. The Morgan fingerprint density at radius 3 is 2.88 bits per heavy atom. The number of hydrogen-bond acceptors (Lipinski definition) is 4. The predicted molar refractivity (Wildman–Crippen MR) is 71.9 cm³/mol. The van der Waals surface area contributed by atoms with Gasteiger partial charge in [0.2, 0.25) is 0 Å². The fourth-order valence-corrected chi connectivity index (χ4v) is 2.00. The number of aromatic nitrogens is 3. The van der Waals surface area contributed by atoms with Gasteiger partial charge in [0.1, 0.15) is 10.4 Å². The van der Waals surface area contributed by atoms with Crippen molar-refractivity contribution in [1.82, 2.24) is 14.6 Å². The van der Waals surface area contributed by atoms with E-state index in [0.717, 1.165) is 28.3 Å². The standard InChI is InChI=1S/C11H16BrN5/c1-7(2)6-14-9-3-4-10-15-8(5-13)11(12)17(10)16-9/h3-4,7H,5-6,13H2,1-2H3,(H,14,16). The lowest BCUT2D eigenvalue weighted by atomic mass is 10.2. The van der Waals surface area contributed by atoms with E-state index in [0.29, 0.717) is 12.5 Å². The first kappa shape index (κ1) is 12.3. The van der Waals surface area contributed by atoms with Gasteiger partial charge < -0.3 is 11.1 Å². The zero-order valence-electron chi connectivity index (χ0n) is 9.94. The van der Waals surface area contributed by atoms with Gasteiger partial charge in [0.15, 0.2) is 5.65 Å². The van der Waals surface area contributed by atoms with Gasteiger partial charge in [-0.25, -0.2) is 9.50 Å². The molecule has 5 nitrogen and oxygen atoms in total. The van der Waals surface area contributed by atoms with Crippen LogP contribution >= 0.6 is 15.9 Å². The molecule has 3 N–H and O–H groups in total. The third-order valence-electron chi connectivity index (χ3n) is 2.37. The van der Waals surface area contributed by atoms with Crippen molar-refractivity contribution in [1.29, 1.82) is 0 Å². The van der Waals surface area contributed by atoms with Crippen LogP contribution in [0, 0.1) is 5.92 Å². The molecule has 92 valence electrons. The predicted octanol–water partition coefficient (Wildman–Crippen LogP) is 2.02. The molecule has 17 heavy (non-hydrogen) atoms. The summed E-state index contributed by atoms with van der Waals surface area (Å²) in [6, 6.07) is 3.86. The van der Waals surface area contributed by atoms with Gasteiger partial charge in [-0.3, -0.25) is 0 Å². The number of nitrogens with two attached hydrogens (primary N) is 1. The summed E-state index contributed by atoms with van der Waals surface area (Å²) in [6.45, 7) is 5.61. The summed E-state index contributed by atoms with van der Waals surface area (Å²) >= 11 is 3.46. The zero-order chi connectivity index (χ0) is 12.4. The Morgan fingerprint density at radius 2 is 2.24 bits per heavy atom. The molecule has 2 rings (SSSR count). The maximum Gasteiger partial charge on any atom is 0.155 e. The van der Waals surface area contributed by atoms with E-state index in [1.54, 1.807) is 4.52 Å². The van der Waals surface area contributed by atoms with Crippen LogP contribution in [0.4, 0.5) is 5.82 Å². The molecular formula is C11H16BrN5. The minimum Gasteiger partial charge on any atom is -0.368 e. The van der Waals surface area contributed by atoms with Crippen molar-refractivity contribution < 1.29 is 0 Å². The molecule has 0 amide bonds. The van der Waals surface area contributed by atoms with Gasteiger partial charge in [-0.05, 0) is 34.0 Å². The molecule has 0 aliphatic heterocycles. The quantitative estimate of drug-likeness (QED) is 0.906. The first-order valence-electron chi connectivity index (χ1n) is 5.60. The van der Waals surface area contributed by atoms with E-state index in [-0.39, 0.29) is 0 Å². The highest BCUT2D eigenvalue weighted by Gasteiger charge is 2.09. The molecule has 0 aliphatic rings. The van der Waals surface area contributed by atoms with E-state index >= 15 is 0 Å². The molecule has 0 bridgehead atoms. The molecule has 2 aromatic heterocycles. The number of fused-ring (bicyclic) bond motifs is 1. The lowest BCUT2D eigenvalue weighted by molar-refractivity contribution is 0.684. The van der Waals surface area contributed by atoms with Gasteiger partial charge in [-0.15, -0.1) is 5.10 Å². The maximum absolute atomic E-state index is 5.60. The van der Waals surface area contributed by atoms with Crippen LogP contribution in [-0.4, -0.2) is 21.1 Å². The molecule has 2 aromatic rings. The van der Waals surface area contributed by atoms with Crippen molar-refractivity contribution in [2.24, 2.45) is 11.7 Å². The molecule has 2 heterocycles. The van der Waals surface area contributed by atoms with Gasteiger partial charge >= 0.3 is 0 Å². The SMILES string of the molecule is CC(C)CNc1ccc2nc(CN)c(Br)n2n1. The molecule has 0 spiro atoms. The molecule has 0 radical (unpaired) electrons. The normalized spacial score (nSPS) is 11.4. The van der Waals surface area contributed by atoms with E-state index in [1.165, 1.54) is 0 Å². The van der Waals surface area contributed by atoms with Crippen molar-refractivity contribution in [3.63, 3.8) is 0 Å². The van der Waals surface area contributed by atoms with E-state index < -0.39 is 0 Å². The molecule has 0 unspecified atom stereocenters. The summed E-state index contributed by atoms with van der Waals surface area (Å²) < 4.78 is 2.58. The third-order valence-corrected chi connectivity index (χ3v) is 3.17. The van der Waals surface area contributed by atoms with E-state index in [2.05, 4.69) is 45.2 Å². The first-order chi connectivity index (χ1) is 8.11. The fraction of sp³-hybridized carbons (Fsp3) is 0.455. The molecule has 0 aliphatic carbocycles. The summed E-state index contributed by atoms with van der Waals surface area (Å²) in [6.07, 6.45) is 0. The van der Waals surface area contributed by atoms with Crippen LogP contribution in [0.1, 0.15) is 19.5 Å². The van der Waals surface area contributed by atoms with Crippen molar-refractivity contribution >= 4 is 27.4 Å².